The average molecular weight is 361 g/mol. The lowest BCUT2D eigenvalue weighted by molar-refractivity contribution is -0.136. The predicted octanol–water partition coefficient (Wildman–Crippen LogP) is 2.79. The predicted molar refractivity (Wildman–Crippen MR) is 86.9 cm³/mol. The molecule has 26 heavy (non-hydrogen) atoms. The Labute approximate surface area is 148 Å². The number of carbonyl (C=O) groups excluding carboxylic acids is 2. The Morgan fingerprint density at radius 3 is 2.69 bits per heavy atom. The van der Waals surface area contributed by atoms with Crippen LogP contribution in [0.3, 0.4) is 0 Å². The number of rotatable bonds is 3. The number of dihydropyridines is 1. The zero-order chi connectivity index (χ0) is 18.6. The highest BCUT2D eigenvalue weighted by Crippen LogP contribution is 2.49. The molecule has 1 atom stereocenters. The van der Waals surface area contributed by atoms with Crippen molar-refractivity contribution >= 4 is 11.9 Å². The molecule has 0 amide bonds. The van der Waals surface area contributed by atoms with E-state index < -0.39 is 29.5 Å². The minimum Gasteiger partial charge on any atom is -0.466 e. The fraction of sp³-hybridized carbons (Fsp3) is 0.368. The van der Waals surface area contributed by atoms with Crippen molar-refractivity contribution in [2.45, 2.75) is 31.6 Å². The van der Waals surface area contributed by atoms with E-state index in [1.165, 1.54) is 13.2 Å². The fourth-order valence-electron chi connectivity index (χ4n) is 3.80. The number of carbonyl (C=O) groups is 2. The maximum Gasteiger partial charge on any atom is 0.337 e. The summed E-state index contributed by atoms with van der Waals surface area (Å²) in [5.74, 6) is -3.63. The van der Waals surface area contributed by atoms with Crippen LogP contribution in [0.15, 0.2) is 34.7 Å². The highest BCUT2D eigenvalue weighted by atomic mass is 19.1. The van der Waals surface area contributed by atoms with E-state index in [2.05, 4.69) is 5.32 Å². The second kappa shape index (κ2) is 5.93. The number of hydrogen-bond donors (Lipinski definition) is 1. The lowest BCUT2D eigenvalue weighted by atomic mass is 9.78. The molecule has 1 aromatic carbocycles. The zero-order valence-corrected chi connectivity index (χ0v) is 14.3. The third-order valence-corrected chi connectivity index (χ3v) is 5.04. The van der Waals surface area contributed by atoms with Crippen LogP contribution in [0.4, 0.5) is 8.78 Å². The van der Waals surface area contributed by atoms with Crippen LogP contribution in [0.5, 0.6) is 0 Å². The van der Waals surface area contributed by atoms with Gasteiger partial charge in [-0.2, -0.15) is 0 Å². The van der Waals surface area contributed by atoms with E-state index in [9.17, 15) is 18.4 Å². The van der Waals surface area contributed by atoms with Crippen LogP contribution in [0.1, 0.15) is 42.7 Å². The van der Waals surface area contributed by atoms with Crippen molar-refractivity contribution in [1.82, 2.24) is 5.32 Å². The second-order valence-corrected chi connectivity index (χ2v) is 6.72. The van der Waals surface area contributed by atoms with Crippen molar-refractivity contribution in [3.05, 3.63) is 57.4 Å². The summed E-state index contributed by atoms with van der Waals surface area (Å²) in [7, 11) is 1.23. The van der Waals surface area contributed by atoms with Crippen LogP contribution in [-0.4, -0.2) is 25.7 Å². The molecule has 1 N–H and O–H groups in total. The van der Waals surface area contributed by atoms with E-state index in [1.807, 2.05) is 0 Å². The monoisotopic (exact) mass is 361 g/mol. The topological polar surface area (TPSA) is 64.6 Å². The van der Waals surface area contributed by atoms with Crippen molar-refractivity contribution in [1.29, 1.82) is 0 Å². The molecule has 1 aliphatic carbocycles. The second-order valence-electron chi connectivity index (χ2n) is 6.72. The molecule has 0 aromatic heterocycles. The lowest BCUT2D eigenvalue weighted by Crippen LogP contribution is -2.30. The summed E-state index contributed by atoms with van der Waals surface area (Å²) in [6.07, 6.45) is 1.57. The van der Waals surface area contributed by atoms with Gasteiger partial charge in [0.15, 0.2) is 0 Å². The van der Waals surface area contributed by atoms with E-state index >= 15 is 0 Å². The first kappa shape index (κ1) is 16.8. The van der Waals surface area contributed by atoms with Gasteiger partial charge in [0, 0.05) is 11.8 Å². The Morgan fingerprint density at radius 1 is 1.31 bits per heavy atom. The first-order valence-corrected chi connectivity index (χ1v) is 8.37. The molecule has 2 heterocycles. The average Bonchev–Trinajstić information content (AvgIpc) is 3.36. The summed E-state index contributed by atoms with van der Waals surface area (Å²) in [4.78, 5) is 24.8. The Bertz CT molecular complexity index is 899. The van der Waals surface area contributed by atoms with Crippen molar-refractivity contribution < 1.29 is 27.8 Å². The Balaban J connectivity index is 1.98. The van der Waals surface area contributed by atoms with Gasteiger partial charge in [0.2, 0.25) is 0 Å². The third kappa shape index (κ3) is 2.50. The lowest BCUT2D eigenvalue weighted by Gasteiger charge is -2.29. The van der Waals surface area contributed by atoms with Gasteiger partial charge in [-0.25, -0.2) is 18.4 Å². The Morgan fingerprint density at radius 2 is 2.04 bits per heavy atom. The number of methoxy groups -OCH3 is 1. The van der Waals surface area contributed by atoms with Gasteiger partial charge >= 0.3 is 11.9 Å². The quantitative estimate of drug-likeness (QED) is 0.839. The van der Waals surface area contributed by atoms with Crippen LogP contribution < -0.4 is 5.32 Å². The van der Waals surface area contributed by atoms with E-state index in [4.69, 9.17) is 9.47 Å². The number of halogens is 2. The zero-order valence-electron chi connectivity index (χ0n) is 14.3. The van der Waals surface area contributed by atoms with E-state index in [0.717, 1.165) is 18.9 Å². The van der Waals surface area contributed by atoms with E-state index in [0.29, 0.717) is 17.0 Å². The molecule has 1 fully saturated rings. The summed E-state index contributed by atoms with van der Waals surface area (Å²) in [6, 6.07) is 2.05. The van der Waals surface area contributed by atoms with Crippen molar-refractivity contribution in [3.8, 4) is 0 Å². The summed E-state index contributed by atoms with van der Waals surface area (Å²) in [5.41, 5.74) is 2.01. The van der Waals surface area contributed by atoms with Gasteiger partial charge in [0.25, 0.3) is 0 Å². The molecule has 7 heteroatoms. The molecule has 0 saturated heterocycles. The molecule has 0 bridgehead atoms. The SMILES string of the molecule is COC(=O)C1=C(C)NC2=C(C(=O)OC2)C1c1cc(F)cc(F)c1C1CC1. The molecule has 1 saturated carbocycles. The van der Waals surface area contributed by atoms with Gasteiger partial charge in [-0.05, 0) is 42.9 Å². The van der Waals surface area contributed by atoms with Gasteiger partial charge in [-0.1, -0.05) is 0 Å². The summed E-state index contributed by atoms with van der Waals surface area (Å²) < 4.78 is 38.6. The highest BCUT2D eigenvalue weighted by molar-refractivity contribution is 6.01. The van der Waals surface area contributed by atoms with Crippen LogP contribution >= 0.6 is 0 Å². The van der Waals surface area contributed by atoms with E-state index in [1.54, 1.807) is 6.92 Å². The number of allylic oxidation sites excluding steroid dienone is 1. The van der Waals surface area contributed by atoms with E-state index in [-0.39, 0.29) is 29.2 Å². The number of hydrogen-bond acceptors (Lipinski definition) is 5. The molecule has 0 spiro atoms. The minimum absolute atomic E-state index is 0.0347. The molecule has 136 valence electrons. The molecular weight excluding hydrogens is 344 g/mol. The maximum absolute atomic E-state index is 14.6. The highest BCUT2D eigenvalue weighted by Gasteiger charge is 2.44. The van der Waals surface area contributed by atoms with Gasteiger partial charge in [-0.3, -0.25) is 0 Å². The van der Waals surface area contributed by atoms with Crippen molar-refractivity contribution in [2.75, 3.05) is 13.7 Å². The number of cyclic esters (lactones) is 1. The van der Waals surface area contributed by atoms with Gasteiger partial charge < -0.3 is 14.8 Å². The molecule has 2 aliphatic heterocycles. The third-order valence-electron chi connectivity index (χ3n) is 5.04. The first-order chi connectivity index (χ1) is 12.4. The van der Waals surface area contributed by atoms with Crippen LogP contribution in [-0.2, 0) is 19.1 Å². The molecule has 5 nitrogen and oxygen atoms in total. The molecular formula is C19H17F2NO4. The summed E-state index contributed by atoms with van der Waals surface area (Å²) in [5, 5.41) is 2.99. The summed E-state index contributed by atoms with van der Waals surface area (Å²) in [6.45, 7) is 1.70. The number of ether oxygens (including phenoxy) is 2. The van der Waals surface area contributed by atoms with Crippen LogP contribution in [0.2, 0.25) is 0 Å². The minimum atomic E-state index is -0.922. The number of benzene rings is 1. The Kier molecular flexibility index (Phi) is 3.82. The van der Waals surface area contributed by atoms with Crippen molar-refractivity contribution in [3.63, 3.8) is 0 Å². The fourth-order valence-corrected chi connectivity index (χ4v) is 3.80. The maximum atomic E-state index is 14.6. The Hall–Kier alpha value is -2.70. The first-order valence-electron chi connectivity index (χ1n) is 8.37. The van der Waals surface area contributed by atoms with Gasteiger partial charge in [-0.15, -0.1) is 0 Å². The number of esters is 2. The molecule has 0 radical (unpaired) electrons. The largest absolute Gasteiger partial charge is 0.466 e. The number of nitrogens with one attached hydrogen (secondary N) is 1. The standard InChI is InChI=1S/C19H17F2NO4/c1-8-14(18(23)25-2)16(17-13(22-8)7-26-19(17)24)11-5-10(20)6-12(21)15(11)9-3-4-9/h5-6,9,16,22H,3-4,7H2,1-2H3. The molecule has 1 aromatic rings. The molecule has 4 rings (SSSR count). The van der Waals surface area contributed by atoms with Gasteiger partial charge in [0.05, 0.1) is 29.9 Å². The van der Waals surface area contributed by atoms with Crippen LogP contribution in [0.25, 0.3) is 0 Å². The normalized spacial score (nSPS) is 22.2. The van der Waals surface area contributed by atoms with Crippen molar-refractivity contribution in [2.24, 2.45) is 0 Å². The summed E-state index contributed by atoms with van der Waals surface area (Å²) >= 11 is 0. The molecule has 3 aliphatic rings. The van der Waals surface area contributed by atoms with Crippen LogP contribution in [0, 0.1) is 11.6 Å². The molecule has 1 unspecified atom stereocenters. The van der Waals surface area contributed by atoms with Gasteiger partial charge in [0.1, 0.15) is 18.2 Å². The smallest absolute Gasteiger partial charge is 0.337 e.